The van der Waals surface area contributed by atoms with Crippen molar-refractivity contribution in [2.75, 3.05) is 0 Å². The van der Waals surface area contributed by atoms with Gasteiger partial charge in [-0.3, -0.25) is 9.59 Å². The molecule has 1 aromatic carbocycles. The Labute approximate surface area is 106 Å². The lowest BCUT2D eigenvalue weighted by Crippen LogP contribution is -2.16. The largest absolute Gasteiger partial charge is 0.369 e. The zero-order valence-corrected chi connectivity index (χ0v) is 10.1. The Morgan fingerprint density at radius 1 is 1.35 bits per heavy atom. The van der Waals surface area contributed by atoms with E-state index in [1.807, 2.05) is 0 Å². The number of carbonyl (C=O) groups is 1. The minimum absolute atomic E-state index is 0.0224. The Morgan fingerprint density at radius 3 is 2.71 bits per heavy atom. The van der Waals surface area contributed by atoms with Crippen molar-refractivity contribution in [1.82, 2.24) is 4.98 Å². The molecule has 1 heterocycles. The number of fused-ring (bicyclic) bond motifs is 1. The highest BCUT2D eigenvalue weighted by Gasteiger charge is 2.10. The van der Waals surface area contributed by atoms with E-state index in [1.165, 1.54) is 6.07 Å². The summed E-state index contributed by atoms with van der Waals surface area (Å²) in [5.74, 6) is -0.514. The van der Waals surface area contributed by atoms with Crippen LogP contribution < -0.4 is 11.2 Å². The zero-order valence-electron chi connectivity index (χ0n) is 8.59. The molecule has 0 saturated heterocycles. The van der Waals surface area contributed by atoms with Gasteiger partial charge in [-0.05, 0) is 12.1 Å². The van der Waals surface area contributed by atoms with Crippen LogP contribution in [0.15, 0.2) is 23.0 Å². The van der Waals surface area contributed by atoms with Crippen LogP contribution >= 0.6 is 23.2 Å². The fourth-order valence-corrected chi connectivity index (χ4v) is 2.03. The molecule has 0 unspecified atom stereocenters. The van der Waals surface area contributed by atoms with Crippen molar-refractivity contribution in [2.45, 2.75) is 6.42 Å². The van der Waals surface area contributed by atoms with E-state index in [0.29, 0.717) is 21.6 Å². The molecule has 3 N–H and O–H groups in total. The fourth-order valence-electron chi connectivity index (χ4n) is 1.62. The first-order valence-electron chi connectivity index (χ1n) is 4.77. The van der Waals surface area contributed by atoms with Crippen LogP contribution in [-0.2, 0) is 11.2 Å². The molecule has 1 aromatic heterocycles. The Bertz CT molecular complexity index is 664. The number of hydrogen-bond donors (Lipinski definition) is 2. The molecule has 2 aromatic rings. The van der Waals surface area contributed by atoms with Crippen molar-refractivity contribution < 1.29 is 4.79 Å². The minimum Gasteiger partial charge on any atom is -0.369 e. The van der Waals surface area contributed by atoms with Crippen molar-refractivity contribution in [3.05, 3.63) is 44.2 Å². The van der Waals surface area contributed by atoms with Crippen molar-refractivity contribution in [1.29, 1.82) is 0 Å². The number of rotatable bonds is 2. The van der Waals surface area contributed by atoms with Gasteiger partial charge in [-0.25, -0.2) is 0 Å². The predicted octanol–water partition coefficient (Wildman–Crippen LogP) is 1.86. The Balaban J connectivity index is 2.72. The number of primary amides is 1. The smallest absolute Gasteiger partial charge is 0.223 e. The lowest BCUT2D eigenvalue weighted by molar-refractivity contribution is -0.117. The van der Waals surface area contributed by atoms with E-state index in [9.17, 15) is 9.59 Å². The third-order valence-electron chi connectivity index (χ3n) is 2.31. The molecule has 0 spiro atoms. The topological polar surface area (TPSA) is 76.0 Å². The van der Waals surface area contributed by atoms with Gasteiger partial charge in [0.05, 0.1) is 27.4 Å². The molecule has 0 saturated carbocycles. The second-order valence-corrected chi connectivity index (χ2v) is 4.37. The molecule has 2 rings (SSSR count). The van der Waals surface area contributed by atoms with E-state index in [1.54, 1.807) is 12.1 Å². The van der Waals surface area contributed by atoms with E-state index in [4.69, 9.17) is 28.9 Å². The molecular weight excluding hydrogens is 263 g/mol. The Hall–Kier alpha value is -1.52. The second kappa shape index (κ2) is 4.39. The molecule has 0 atom stereocenters. The molecule has 1 amide bonds. The summed E-state index contributed by atoms with van der Waals surface area (Å²) in [6.45, 7) is 0. The molecule has 17 heavy (non-hydrogen) atoms. The summed E-state index contributed by atoms with van der Waals surface area (Å²) in [7, 11) is 0. The average molecular weight is 271 g/mol. The maximum atomic E-state index is 11.8. The van der Waals surface area contributed by atoms with Gasteiger partial charge in [0, 0.05) is 11.8 Å². The van der Waals surface area contributed by atoms with E-state index < -0.39 is 5.91 Å². The molecule has 4 nitrogen and oxygen atoms in total. The fraction of sp³-hybridized carbons (Fsp3) is 0.0909. The van der Waals surface area contributed by atoms with Crippen molar-refractivity contribution in [3.8, 4) is 0 Å². The molecule has 88 valence electrons. The summed E-state index contributed by atoms with van der Waals surface area (Å²) < 4.78 is 0. The molecule has 0 aliphatic rings. The summed E-state index contributed by atoms with van der Waals surface area (Å²) >= 11 is 11.8. The second-order valence-electron chi connectivity index (χ2n) is 3.59. The van der Waals surface area contributed by atoms with Crippen molar-refractivity contribution in [2.24, 2.45) is 5.73 Å². The molecule has 0 fully saturated rings. The number of pyridine rings is 1. The lowest BCUT2D eigenvalue weighted by atomic mass is 10.1. The number of aromatic amines is 1. The third-order valence-corrected chi connectivity index (χ3v) is 3.11. The average Bonchev–Trinajstić information content (AvgIpc) is 2.22. The number of carbonyl (C=O) groups excluding carboxylic acids is 1. The van der Waals surface area contributed by atoms with Gasteiger partial charge in [0.15, 0.2) is 5.43 Å². The van der Waals surface area contributed by atoms with Gasteiger partial charge in [0.2, 0.25) is 5.91 Å². The first-order chi connectivity index (χ1) is 7.99. The number of H-pyrrole nitrogens is 1. The van der Waals surface area contributed by atoms with Gasteiger partial charge < -0.3 is 10.7 Å². The lowest BCUT2D eigenvalue weighted by Gasteiger charge is -2.05. The SMILES string of the molecule is NC(=O)Cc1cc(=O)c2c(Cl)c(Cl)ccc2[nH]1. The highest BCUT2D eigenvalue weighted by Crippen LogP contribution is 2.27. The first kappa shape index (κ1) is 12.0. The van der Waals surface area contributed by atoms with Gasteiger partial charge in [0.1, 0.15) is 0 Å². The molecule has 0 bridgehead atoms. The first-order valence-corrected chi connectivity index (χ1v) is 5.53. The highest BCUT2D eigenvalue weighted by atomic mass is 35.5. The van der Waals surface area contributed by atoms with Crippen LogP contribution in [-0.4, -0.2) is 10.9 Å². The molecule has 0 radical (unpaired) electrons. The molecule has 6 heteroatoms. The zero-order chi connectivity index (χ0) is 12.6. The number of halogens is 2. The maximum Gasteiger partial charge on any atom is 0.223 e. The van der Waals surface area contributed by atoms with Gasteiger partial charge in [-0.1, -0.05) is 23.2 Å². The standard InChI is InChI=1S/C11H8Cl2N2O2/c12-6-1-2-7-10(11(6)13)8(16)3-5(15-7)4-9(14)17/h1-3H,4H2,(H2,14,17)(H,15,16). The van der Waals surface area contributed by atoms with Crippen LogP contribution in [0.5, 0.6) is 0 Å². The summed E-state index contributed by atoms with van der Waals surface area (Å²) in [4.78, 5) is 25.6. The van der Waals surface area contributed by atoms with Crippen LogP contribution in [0.25, 0.3) is 10.9 Å². The quantitative estimate of drug-likeness (QED) is 0.874. The van der Waals surface area contributed by atoms with Crippen molar-refractivity contribution in [3.63, 3.8) is 0 Å². The van der Waals surface area contributed by atoms with Crippen LogP contribution in [0.1, 0.15) is 5.69 Å². The summed E-state index contributed by atoms with van der Waals surface area (Å²) in [6, 6.07) is 4.51. The minimum atomic E-state index is -0.514. The van der Waals surface area contributed by atoms with Crippen molar-refractivity contribution >= 4 is 40.0 Å². The summed E-state index contributed by atoms with van der Waals surface area (Å²) in [5, 5.41) is 0.829. The van der Waals surface area contributed by atoms with E-state index in [0.717, 1.165) is 0 Å². The van der Waals surface area contributed by atoms with Crippen LogP contribution in [0.3, 0.4) is 0 Å². The van der Waals surface area contributed by atoms with E-state index in [-0.39, 0.29) is 16.9 Å². The van der Waals surface area contributed by atoms with E-state index in [2.05, 4.69) is 4.98 Å². The van der Waals surface area contributed by atoms with E-state index >= 15 is 0 Å². The predicted molar refractivity (Wildman–Crippen MR) is 67.5 cm³/mol. The molecular formula is C11H8Cl2N2O2. The Kier molecular flexibility index (Phi) is 3.09. The van der Waals surface area contributed by atoms with Gasteiger partial charge in [-0.2, -0.15) is 0 Å². The van der Waals surface area contributed by atoms with Crippen LogP contribution in [0, 0.1) is 0 Å². The molecule has 0 aliphatic heterocycles. The summed E-state index contributed by atoms with van der Waals surface area (Å²) in [6.07, 6.45) is -0.0224. The normalized spacial score (nSPS) is 10.7. The number of amides is 1. The number of hydrogen-bond acceptors (Lipinski definition) is 2. The number of aromatic nitrogens is 1. The Morgan fingerprint density at radius 2 is 2.06 bits per heavy atom. The van der Waals surface area contributed by atoms with Gasteiger partial charge in [0.25, 0.3) is 0 Å². The van der Waals surface area contributed by atoms with Crippen LogP contribution in [0.2, 0.25) is 10.0 Å². The summed E-state index contributed by atoms with van der Waals surface area (Å²) in [5.41, 5.74) is 5.76. The molecule has 0 aliphatic carbocycles. The van der Waals surface area contributed by atoms with Crippen LogP contribution in [0.4, 0.5) is 0 Å². The number of benzene rings is 1. The third kappa shape index (κ3) is 2.28. The van der Waals surface area contributed by atoms with Gasteiger partial charge >= 0.3 is 0 Å². The number of nitrogens with one attached hydrogen (secondary N) is 1. The highest BCUT2D eigenvalue weighted by molar-refractivity contribution is 6.45. The monoisotopic (exact) mass is 270 g/mol. The van der Waals surface area contributed by atoms with Gasteiger partial charge in [-0.15, -0.1) is 0 Å². The maximum absolute atomic E-state index is 11.8. The number of nitrogens with two attached hydrogens (primary N) is 1.